The monoisotopic (exact) mass is 322 g/mol. The zero-order valence-electron chi connectivity index (χ0n) is 14.9. The van der Waals surface area contributed by atoms with E-state index >= 15 is 0 Å². The summed E-state index contributed by atoms with van der Waals surface area (Å²) >= 11 is 0. The molecule has 126 valence electrons. The molecule has 2 aromatic rings. The van der Waals surface area contributed by atoms with E-state index in [4.69, 9.17) is 4.74 Å². The summed E-state index contributed by atoms with van der Waals surface area (Å²) in [5.74, 6) is 0.193. The molecule has 0 saturated heterocycles. The van der Waals surface area contributed by atoms with Crippen molar-refractivity contribution in [2.45, 2.75) is 52.1 Å². The number of benzene rings is 2. The van der Waals surface area contributed by atoms with Crippen molar-refractivity contribution >= 4 is 5.78 Å². The van der Waals surface area contributed by atoms with E-state index in [0.717, 1.165) is 47.1 Å². The van der Waals surface area contributed by atoms with E-state index < -0.39 is 5.60 Å². The summed E-state index contributed by atoms with van der Waals surface area (Å²) in [5, 5.41) is 0. The van der Waals surface area contributed by atoms with Gasteiger partial charge in [-0.15, -0.1) is 0 Å². The summed E-state index contributed by atoms with van der Waals surface area (Å²) in [6.45, 7) is 6.88. The Labute approximate surface area is 144 Å². The van der Waals surface area contributed by atoms with Crippen molar-refractivity contribution in [3.63, 3.8) is 0 Å². The van der Waals surface area contributed by atoms with Crippen LogP contribution < -0.4 is 0 Å². The molecule has 0 aromatic heterocycles. The molecule has 0 bridgehead atoms. The Morgan fingerprint density at radius 3 is 2.50 bits per heavy atom. The van der Waals surface area contributed by atoms with Crippen LogP contribution in [0.4, 0.5) is 0 Å². The highest BCUT2D eigenvalue weighted by atomic mass is 16.5. The van der Waals surface area contributed by atoms with Gasteiger partial charge in [0.15, 0.2) is 11.4 Å². The van der Waals surface area contributed by atoms with Gasteiger partial charge in [-0.2, -0.15) is 0 Å². The molecular weight excluding hydrogens is 296 g/mol. The largest absolute Gasteiger partial charge is 0.358 e. The van der Waals surface area contributed by atoms with Crippen molar-refractivity contribution in [2.24, 2.45) is 0 Å². The molecule has 24 heavy (non-hydrogen) atoms. The molecule has 1 aliphatic carbocycles. The third-order valence-corrected chi connectivity index (χ3v) is 4.89. The van der Waals surface area contributed by atoms with Gasteiger partial charge in [0.1, 0.15) is 0 Å². The van der Waals surface area contributed by atoms with E-state index in [0.29, 0.717) is 13.0 Å². The van der Waals surface area contributed by atoms with Crippen molar-refractivity contribution < 1.29 is 9.53 Å². The van der Waals surface area contributed by atoms with Crippen molar-refractivity contribution in [2.75, 3.05) is 6.61 Å². The normalized spacial score (nSPS) is 18.3. The second-order valence-electron chi connectivity index (χ2n) is 6.60. The van der Waals surface area contributed by atoms with Crippen LogP contribution in [0.25, 0.3) is 11.1 Å². The Bertz CT molecular complexity index is 747. The van der Waals surface area contributed by atoms with Crippen LogP contribution in [0, 0.1) is 6.92 Å². The molecule has 0 spiro atoms. The maximum absolute atomic E-state index is 13.4. The Balaban J connectivity index is 2.25. The van der Waals surface area contributed by atoms with Crippen LogP contribution in [-0.4, -0.2) is 12.4 Å². The van der Waals surface area contributed by atoms with E-state index in [2.05, 4.69) is 51.1 Å². The lowest BCUT2D eigenvalue weighted by molar-refractivity contribution is -0.140. The molecule has 0 amide bonds. The lowest BCUT2D eigenvalue weighted by atomic mass is 9.82. The van der Waals surface area contributed by atoms with Crippen molar-refractivity contribution in [3.05, 3.63) is 59.2 Å². The van der Waals surface area contributed by atoms with E-state index in [-0.39, 0.29) is 5.78 Å². The number of ether oxygens (including phenoxy) is 1. The molecule has 0 fully saturated rings. The fraction of sp³-hybridized carbons (Fsp3) is 0.409. The van der Waals surface area contributed by atoms with Gasteiger partial charge >= 0.3 is 0 Å². The first kappa shape index (κ1) is 16.9. The van der Waals surface area contributed by atoms with Gasteiger partial charge in [-0.1, -0.05) is 62.7 Å². The summed E-state index contributed by atoms with van der Waals surface area (Å²) in [4.78, 5) is 13.4. The zero-order chi connectivity index (χ0) is 17.2. The van der Waals surface area contributed by atoms with Gasteiger partial charge in [-0.25, -0.2) is 0 Å². The topological polar surface area (TPSA) is 26.3 Å². The second-order valence-corrected chi connectivity index (χ2v) is 6.60. The molecule has 0 N–H and O–H groups in total. The van der Waals surface area contributed by atoms with Gasteiger partial charge in [0.2, 0.25) is 0 Å². The minimum absolute atomic E-state index is 0.193. The van der Waals surface area contributed by atoms with Gasteiger partial charge in [0.05, 0.1) is 0 Å². The fourth-order valence-electron chi connectivity index (χ4n) is 3.81. The minimum Gasteiger partial charge on any atom is -0.358 e. The number of Topliss-reactive ketones (excluding diaryl/α,β-unsaturated/α-hetero) is 1. The predicted octanol–water partition coefficient (Wildman–Crippen LogP) is 5.40. The lowest BCUT2D eigenvalue weighted by Gasteiger charge is -2.32. The van der Waals surface area contributed by atoms with E-state index in [1.807, 2.05) is 12.1 Å². The lowest BCUT2D eigenvalue weighted by Crippen LogP contribution is -2.39. The summed E-state index contributed by atoms with van der Waals surface area (Å²) in [6, 6.07) is 14.5. The molecule has 1 aliphatic rings. The molecule has 1 unspecified atom stereocenters. The van der Waals surface area contributed by atoms with Gasteiger partial charge in [-0.3, -0.25) is 4.79 Å². The molecule has 0 radical (unpaired) electrons. The highest BCUT2D eigenvalue weighted by Crippen LogP contribution is 2.52. The van der Waals surface area contributed by atoms with E-state index in [1.165, 1.54) is 0 Å². The predicted molar refractivity (Wildman–Crippen MR) is 98.2 cm³/mol. The van der Waals surface area contributed by atoms with Crippen LogP contribution in [0.2, 0.25) is 0 Å². The van der Waals surface area contributed by atoms with Gasteiger partial charge in [0.25, 0.3) is 0 Å². The van der Waals surface area contributed by atoms with Crippen LogP contribution in [0.15, 0.2) is 42.5 Å². The Hall–Kier alpha value is -1.93. The number of fused-ring (bicyclic) bond motifs is 3. The highest BCUT2D eigenvalue weighted by Gasteiger charge is 2.50. The van der Waals surface area contributed by atoms with Crippen LogP contribution >= 0.6 is 0 Å². The molecule has 0 aliphatic heterocycles. The third-order valence-electron chi connectivity index (χ3n) is 4.89. The molecule has 0 heterocycles. The average Bonchev–Trinajstić information content (AvgIpc) is 2.90. The van der Waals surface area contributed by atoms with E-state index in [9.17, 15) is 4.79 Å². The minimum atomic E-state index is -0.928. The molecule has 0 saturated carbocycles. The number of hydrogen-bond acceptors (Lipinski definition) is 2. The molecule has 3 rings (SSSR count). The Morgan fingerprint density at radius 2 is 1.75 bits per heavy atom. The number of hydrogen-bond donors (Lipinski definition) is 0. The SMILES string of the molecule is CCCCC(=O)C1(OCCC)c2ccccc2-c2cccc(C)c21. The molecule has 2 nitrogen and oxygen atoms in total. The Kier molecular flexibility index (Phi) is 4.86. The number of carbonyl (C=O) groups is 1. The number of carbonyl (C=O) groups excluding carboxylic acids is 1. The number of unbranched alkanes of at least 4 members (excludes halogenated alkanes) is 1. The van der Waals surface area contributed by atoms with Crippen LogP contribution in [-0.2, 0) is 15.1 Å². The number of ketones is 1. The average molecular weight is 322 g/mol. The summed E-state index contributed by atoms with van der Waals surface area (Å²) in [5.41, 5.74) is 4.56. The fourth-order valence-corrected chi connectivity index (χ4v) is 3.81. The third kappa shape index (κ3) is 2.50. The number of rotatable bonds is 7. The first-order valence-corrected chi connectivity index (χ1v) is 9.04. The summed E-state index contributed by atoms with van der Waals surface area (Å²) in [7, 11) is 0. The Morgan fingerprint density at radius 1 is 1.00 bits per heavy atom. The van der Waals surface area contributed by atoms with Crippen LogP contribution in [0.3, 0.4) is 0 Å². The maximum Gasteiger partial charge on any atom is 0.177 e. The van der Waals surface area contributed by atoms with Crippen molar-refractivity contribution in [3.8, 4) is 11.1 Å². The van der Waals surface area contributed by atoms with Gasteiger partial charge < -0.3 is 4.74 Å². The van der Waals surface area contributed by atoms with Crippen molar-refractivity contribution in [1.82, 2.24) is 0 Å². The zero-order valence-corrected chi connectivity index (χ0v) is 14.9. The summed E-state index contributed by atoms with van der Waals surface area (Å²) in [6.07, 6.45) is 3.37. The first-order chi connectivity index (χ1) is 11.7. The summed E-state index contributed by atoms with van der Waals surface area (Å²) < 4.78 is 6.38. The maximum atomic E-state index is 13.4. The van der Waals surface area contributed by atoms with Gasteiger partial charge in [-0.05, 0) is 36.5 Å². The standard InChI is InChI=1S/C22H26O2/c1-4-6-14-20(23)22(24-15-5-2)19-13-8-7-11-17(19)18-12-9-10-16(3)21(18)22/h7-13H,4-6,14-15H2,1-3H3. The quantitative estimate of drug-likeness (QED) is 0.682. The smallest absolute Gasteiger partial charge is 0.177 e. The second kappa shape index (κ2) is 6.90. The molecular formula is C22H26O2. The van der Waals surface area contributed by atoms with Crippen LogP contribution in [0.5, 0.6) is 0 Å². The first-order valence-electron chi connectivity index (χ1n) is 9.04. The molecule has 2 heteroatoms. The van der Waals surface area contributed by atoms with Crippen LogP contribution in [0.1, 0.15) is 56.2 Å². The van der Waals surface area contributed by atoms with E-state index in [1.54, 1.807) is 0 Å². The molecule has 2 aromatic carbocycles. The van der Waals surface area contributed by atoms with Crippen molar-refractivity contribution in [1.29, 1.82) is 0 Å². The molecule has 1 atom stereocenters. The highest BCUT2D eigenvalue weighted by molar-refractivity contribution is 6.00. The number of aryl methyl sites for hydroxylation is 1. The van der Waals surface area contributed by atoms with Gasteiger partial charge in [0, 0.05) is 24.2 Å².